The molecule has 1 aliphatic heterocycles. The molecule has 1 aromatic heterocycles. The van der Waals surface area contributed by atoms with Crippen molar-refractivity contribution in [3.63, 3.8) is 0 Å². The van der Waals surface area contributed by atoms with Gasteiger partial charge in [-0.1, -0.05) is 0 Å². The van der Waals surface area contributed by atoms with E-state index in [0.717, 1.165) is 31.0 Å². The van der Waals surface area contributed by atoms with E-state index in [1.807, 2.05) is 11.6 Å². The molecule has 2 unspecified atom stereocenters. The molecule has 1 aromatic rings. The molecule has 0 saturated carbocycles. The average Bonchev–Trinajstić information content (AvgIpc) is 2.46. The molecule has 2 rings (SSSR count). The molecule has 0 radical (unpaired) electrons. The van der Waals surface area contributed by atoms with Gasteiger partial charge in [0, 0.05) is 18.3 Å². The van der Waals surface area contributed by atoms with Crippen molar-refractivity contribution in [2.75, 3.05) is 0 Å². The van der Waals surface area contributed by atoms with Crippen LogP contribution in [0.2, 0.25) is 0 Å². The van der Waals surface area contributed by atoms with Crippen LogP contribution in [-0.4, -0.2) is 20.1 Å². The van der Waals surface area contributed by atoms with Gasteiger partial charge in [0.25, 0.3) is 0 Å². The van der Waals surface area contributed by atoms with Crippen molar-refractivity contribution in [1.82, 2.24) is 14.8 Å². The lowest BCUT2D eigenvalue weighted by atomic mass is 10.2. The molecule has 1 aliphatic rings. The lowest BCUT2D eigenvalue weighted by Crippen LogP contribution is -2.20. The molecule has 0 aromatic carbocycles. The minimum Gasteiger partial charge on any atom is -0.321 e. The minimum absolute atomic E-state index is 0.0909. The Morgan fingerprint density at radius 3 is 3.15 bits per heavy atom. The minimum atomic E-state index is -0.0909. The maximum Gasteiger partial charge on any atom is 0.167 e. The maximum absolute atomic E-state index is 6.02. The van der Waals surface area contributed by atoms with Gasteiger partial charge in [-0.3, -0.25) is 0 Å². The van der Waals surface area contributed by atoms with Crippen LogP contribution in [0.3, 0.4) is 0 Å². The summed E-state index contributed by atoms with van der Waals surface area (Å²) in [5, 5.41) is 4.51. The van der Waals surface area contributed by atoms with E-state index in [0.29, 0.717) is 0 Å². The lowest BCUT2D eigenvalue weighted by Gasteiger charge is -2.15. The zero-order valence-electron chi connectivity index (χ0n) is 7.57. The third-order valence-electron chi connectivity index (χ3n) is 2.23. The van der Waals surface area contributed by atoms with E-state index in [1.165, 1.54) is 0 Å². The summed E-state index contributed by atoms with van der Waals surface area (Å²) in [5.41, 5.74) is 5.69. The second kappa shape index (κ2) is 3.27. The molecule has 0 fully saturated rings. The molecule has 4 nitrogen and oxygen atoms in total. The molecule has 0 bridgehead atoms. The van der Waals surface area contributed by atoms with Gasteiger partial charge in [-0.05, 0) is 13.3 Å². The second-order valence-corrected chi connectivity index (χ2v) is 4.11. The first kappa shape index (κ1) is 8.97. The zero-order chi connectivity index (χ0) is 9.42. The van der Waals surface area contributed by atoms with Crippen molar-refractivity contribution in [1.29, 1.82) is 0 Å². The van der Waals surface area contributed by atoms with Crippen LogP contribution in [0.4, 0.5) is 0 Å². The highest BCUT2D eigenvalue weighted by molar-refractivity contribution is 6.20. The predicted molar refractivity (Wildman–Crippen MR) is 50.6 cm³/mol. The summed E-state index contributed by atoms with van der Waals surface area (Å²) < 4.78 is 1.91. The molecule has 13 heavy (non-hydrogen) atoms. The molecule has 0 amide bonds. The number of fused-ring (bicyclic) bond motifs is 1. The third kappa shape index (κ3) is 1.69. The summed E-state index contributed by atoms with van der Waals surface area (Å²) in [7, 11) is 0. The van der Waals surface area contributed by atoms with Crippen molar-refractivity contribution in [3.05, 3.63) is 11.6 Å². The van der Waals surface area contributed by atoms with Crippen LogP contribution in [0, 0.1) is 0 Å². The van der Waals surface area contributed by atoms with Gasteiger partial charge < -0.3 is 5.73 Å². The van der Waals surface area contributed by atoms with Crippen molar-refractivity contribution >= 4 is 11.6 Å². The Morgan fingerprint density at radius 2 is 2.46 bits per heavy atom. The molecule has 2 N–H and O–H groups in total. The zero-order valence-corrected chi connectivity index (χ0v) is 8.33. The fourth-order valence-corrected chi connectivity index (χ4v) is 1.71. The Labute approximate surface area is 82.1 Å². The highest BCUT2D eigenvalue weighted by atomic mass is 35.5. The van der Waals surface area contributed by atoms with Gasteiger partial charge in [-0.15, -0.1) is 11.6 Å². The van der Waals surface area contributed by atoms with E-state index in [-0.39, 0.29) is 11.4 Å². The van der Waals surface area contributed by atoms with Crippen LogP contribution in [0.25, 0.3) is 0 Å². The van der Waals surface area contributed by atoms with Crippen LogP contribution in [-0.2, 0) is 13.0 Å². The Hall–Kier alpha value is -0.610. The van der Waals surface area contributed by atoms with Crippen molar-refractivity contribution < 1.29 is 0 Å². The first-order valence-electron chi connectivity index (χ1n) is 4.50. The van der Waals surface area contributed by atoms with Gasteiger partial charge in [0.15, 0.2) is 5.82 Å². The highest BCUT2D eigenvalue weighted by Crippen LogP contribution is 2.18. The largest absolute Gasteiger partial charge is 0.321 e. The number of aromatic nitrogens is 3. The second-order valence-electron chi connectivity index (χ2n) is 3.49. The van der Waals surface area contributed by atoms with E-state index in [2.05, 4.69) is 10.1 Å². The fraction of sp³-hybridized carbons (Fsp3) is 0.750. The van der Waals surface area contributed by atoms with Gasteiger partial charge in [0.1, 0.15) is 5.82 Å². The van der Waals surface area contributed by atoms with E-state index >= 15 is 0 Å². The number of nitrogens with two attached hydrogens (primary N) is 1. The average molecular weight is 201 g/mol. The number of nitrogens with zero attached hydrogens (tertiary/aromatic N) is 3. The fourth-order valence-electron chi connectivity index (χ4n) is 1.48. The Bertz CT molecular complexity index is 307. The topological polar surface area (TPSA) is 56.7 Å². The van der Waals surface area contributed by atoms with Crippen LogP contribution < -0.4 is 5.73 Å². The monoisotopic (exact) mass is 200 g/mol. The van der Waals surface area contributed by atoms with Crippen molar-refractivity contribution in [3.8, 4) is 0 Å². The Balaban J connectivity index is 2.28. The van der Waals surface area contributed by atoms with Crippen LogP contribution in [0.1, 0.15) is 31.0 Å². The molecular weight excluding hydrogens is 188 g/mol. The smallest absolute Gasteiger partial charge is 0.167 e. The normalized spacial score (nSPS) is 24.1. The number of hydrogen-bond donors (Lipinski definition) is 1. The quantitative estimate of drug-likeness (QED) is 0.684. The maximum atomic E-state index is 6.02. The molecular formula is C8H13ClN4. The van der Waals surface area contributed by atoms with Crippen LogP contribution in [0.15, 0.2) is 0 Å². The lowest BCUT2D eigenvalue weighted by molar-refractivity contribution is 0.481. The number of halogens is 1. The van der Waals surface area contributed by atoms with Crippen molar-refractivity contribution in [2.45, 2.75) is 37.7 Å². The summed E-state index contributed by atoms with van der Waals surface area (Å²) in [5.74, 6) is 1.69. The molecule has 0 spiro atoms. The standard InChI is InChI=1S/C8H13ClN4/c1-5(10)8-11-7-4-6(9)2-3-13(7)12-8/h5-6H,2-4,10H2,1H3. The van der Waals surface area contributed by atoms with E-state index in [1.54, 1.807) is 0 Å². The summed E-state index contributed by atoms with van der Waals surface area (Å²) in [4.78, 5) is 4.34. The van der Waals surface area contributed by atoms with Crippen LogP contribution >= 0.6 is 11.6 Å². The molecule has 0 saturated heterocycles. The SMILES string of the molecule is CC(N)c1nc2n(n1)CCC(Cl)C2. The molecule has 5 heteroatoms. The molecule has 2 heterocycles. The predicted octanol–water partition coefficient (Wildman–Crippen LogP) is 0.851. The highest BCUT2D eigenvalue weighted by Gasteiger charge is 2.20. The Kier molecular flexibility index (Phi) is 2.26. The first-order chi connectivity index (χ1) is 6.16. The summed E-state index contributed by atoms with van der Waals surface area (Å²) in [6.07, 6.45) is 1.78. The van der Waals surface area contributed by atoms with Gasteiger partial charge in [0.05, 0.1) is 6.04 Å². The van der Waals surface area contributed by atoms with Gasteiger partial charge in [-0.25, -0.2) is 9.67 Å². The van der Waals surface area contributed by atoms with E-state index in [4.69, 9.17) is 17.3 Å². The summed E-state index contributed by atoms with van der Waals surface area (Å²) >= 11 is 6.02. The number of alkyl halides is 1. The van der Waals surface area contributed by atoms with Crippen molar-refractivity contribution in [2.24, 2.45) is 5.73 Å². The Morgan fingerprint density at radius 1 is 1.69 bits per heavy atom. The number of hydrogen-bond acceptors (Lipinski definition) is 3. The third-order valence-corrected chi connectivity index (χ3v) is 2.60. The summed E-state index contributed by atoms with van der Waals surface area (Å²) in [6, 6.07) is -0.0909. The molecule has 72 valence electrons. The van der Waals surface area contributed by atoms with Gasteiger partial charge >= 0.3 is 0 Å². The molecule has 0 aliphatic carbocycles. The van der Waals surface area contributed by atoms with Crippen LogP contribution in [0.5, 0.6) is 0 Å². The van der Waals surface area contributed by atoms with Gasteiger partial charge in [-0.2, -0.15) is 5.10 Å². The van der Waals surface area contributed by atoms with E-state index < -0.39 is 0 Å². The molecule has 2 atom stereocenters. The van der Waals surface area contributed by atoms with E-state index in [9.17, 15) is 0 Å². The first-order valence-corrected chi connectivity index (χ1v) is 4.93. The van der Waals surface area contributed by atoms with Gasteiger partial charge in [0.2, 0.25) is 0 Å². The number of rotatable bonds is 1. The number of aryl methyl sites for hydroxylation is 1. The summed E-state index contributed by atoms with van der Waals surface area (Å²) in [6.45, 7) is 2.75.